The van der Waals surface area contributed by atoms with Crippen molar-refractivity contribution in [3.8, 4) is 0 Å². The summed E-state index contributed by atoms with van der Waals surface area (Å²) in [4.78, 5) is 17.9. The third-order valence-electron chi connectivity index (χ3n) is 8.00. The van der Waals surface area contributed by atoms with Crippen molar-refractivity contribution in [2.75, 3.05) is 33.9 Å². The third kappa shape index (κ3) is 6.38. The van der Waals surface area contributed by atoms with Gasteiger partial charge in [-0.05, 0) is 68.9 Å². The Hall–Kier alpha value is -1.86. The fraction of sp³-hybridized carbons (Fsp3) is 0.769. The maximum absolute atomic E-state index is 13.3. The Bertz CT molecular complexity index is 795. The number of amides is 1. The molecule has 0 radical (unpaired) electrons. The van der Waals surface area contributed by atoms with Crippen molar-refractivity contribution >= 4 is 11.7 Å². The highest BCUT2D eigenvalue weighted by Gasteiger charge is 2.35. The molecule has 1 aromatic heterocycles. The summed E-state index contributed by atoms with van der Waals surface area (Å²) in [5.41, 5.74) is 1.34. The Morgan fingerprint density at radius 1 is 1.06 bits per heavy atom. The van der Waals surface area contributed by atoms with Crippen LogP contribution in [0.25, 0.3) is 0 Å². The number of aryl methyl sites for hydroxylation is 1. The number of amidine groups is 1. The number of carbonyl (C=O) groups is 1. The van der Waals surface area contributed by atoms with Gasteiger partial charge in [-0.2, -0.15) is 0 Å². The lowest BCUT2D eigenvalue weighted by molar-refractivity contribution is -0.127. The van der Waals surface area contributed by atoms with Gasteiger partial charge in [-0.15, -0.1) is 0 Å². The van der Waals surface area contributed by atoms with Gasteiger partial charge in [-0.25, -0.2) is 0 Å². The molecule has 1 aliphatic heterocycles. The van der Waals surface area contributed by atoms with Crippen molar-refractivity contribution < 1.29 is 14.3 Å². The summed E-state index contributed by atoms with van der Waals surface area (Å²) in [7, 11) is 5.66. The van der Waals surface area contributed by atoms with Gasteiger partial charge in [0.25, 0.3) is 0 Å². The van der Waals surface area contributed by atoms with Gasteiger partial charge in [0, 0.05) is 71.0 Å². The molecule has 2 N–H and O–H groups in total. The average molecular weight is 459 g/mol. The molecule has 0 aromatic carbocycles. The van der Waals surface area contributed by atoms with Crippen LogP contribution in [0.1, 0.15) is 63.0 Å². The summed E-state index contributed by atoms with van der Waals surface area (Å²) >= 11 is 0. The molecule has 0 bridgehead atoms. The minimum atomic E-state index is 0.0519. The van der Waals surface area contributed by atoms with Crippen LogP contribution >= 0.6 is 0 Å². The first-order valence-electron chi connectivity index (χ1n) is 12.8. The number of hydrogen-bond donors (Lipinski definition) is 2. The van der Waals surface area contributed by atoms with E-state index in [0.717, 1.165) is 70.3 Å². The predicted octanol–water partition coefficient (Wildman–Crippen LogP) is 3.25. The van der Waals surface area contributed by atoms with Gasteiger partial charge in [0.15, 0.2) is 0 Å². The molecule has 0 saturated heterocycles. The van der Waals surface area contributed by atoms with Crippen LogP contribution in [0, 0.1) is 17.8 Å². The zero-order chi connectivity index (χ0) is 23.2. The Morgan fingerprint density at radius 2 is 1.82 bits per heavy atom. The quantitative estimate of drug-likeness (QED) is 0.627. The molecule has 2 fully saturated rings. The number of hydrogen-bond acceptors (Lipinski definition) is 5. The van der Waals surface area contributed by atoms with Gasteiger partial charge in [-0.3, -0.25) is 9.79 Å². The first-order valence-corrected chi connectivity index (χ1v) is 12.8. The highest BCUT2D eigenvalue weighted by molar-refractivity contribution is 5.83. The van der Waals surface area contributed by atoms with Gasteiger partial charge in [0.2, 0.25) is 5.91 Å². The number of carbonyl (C=O) groups excluding carboxylic acids is 1. The molecule has 0 spiro atoms. The van der Waals surface area contributed by atoms with Gasteiger partial charge >= 0.3 is 0 Å². The van der Waals surface area contributed by atoms with E-state index in [1.165, 1.54) is 5.69 Å². The lowest BCUT2D eigenvalue weighted by atomic mass is 9.73. The van der Waals surface area contributed by atoms with Crippen molar-refractivity contribution in [2.45, 2.75) is 69.5 Å². The van der Waals surface area contributed by atoms with E-state index in [4.69, 9.17) is 9.47 Å². The van der Waals surface area contributed by atoms with Crippen molar-refractivity contribution in [1.82, 2.24) is 15.2 Å². The van der Waals surface area contributed by atoms with E-state index >= 15 is 0 Å². The molecule has 3 aliphatic rings. The number of methoxy groups -OCH3 is 2. The fourth-order valence-electron chi connectivity index (χ4n) is 6.17. The van der Waals surface area contributed by atoms with Gasteiger partial charge < -0.3 is 24.7 Å². The molecule has 33 heavy (non-hydrogen) atoms. The van der Waals surface area contributed by atoms with E-state index in [9.17, 15) is 4.79 Å². The van der Waals surface area contributed by atoms with Gasteiger partial charge in [0.05, 0.1) is 18.0 Å². The Balaban J connectivity index is 1.36. The van der Waals surface area contributed by atoms with Gasteiger partial charge in [0.1, 0.15) is 0 Å². The number of aliphatic imine (C=N–C) groups is 1. The van der Waals surface area contributed by atoms with Crippen molar-refractivity contribution in [3.63, 3.8) is 0 Å². The molecule has 2 heterocycles. The molecule has 1 aromatic rings. The molecule has 7 heteroatoms. The normalized spacial score (nSPS) is 32.4. The summed E-state index contributed by atoms with van der Waals surface area (Å²) in [6.07, 6.45) is 10.7. The zero-order valence-corrected chi connectivity index (χ0v) is 20.6. The van der Waals surface area contributed by atoms with Crippen LogP contribution in [0.15, 0.2) is 23.3 Å². The van der Waals surface area contributed by atoms with Crippen molar-refractivity contribution in [2.24, 2.45) is 29.8 Å². The minimum absolute atomic E-state index is 0.0519. The van der Waals surface area contributed by atoms with E-state index < -0.39 is 0 Å². The fourth-order valence-corrected chi connectivity index (χ4v) is 6.17. The summed E-state index contributed by atoms with van der Waals surface area (Å²) in [6.45, 7) is 2.57. The van der Waals surface area contributed by atoms with Crippen LogP contribution in [0.4, 0.5) is 0 Å². The van der Waals surface area contributed by atoms with Crippen LogP contribution < -0.4 is 10.6 Å². The van der Waals surface area contributed by atoms with Crippen LogP contribution in [-0.4, -0.2) is 62.4 Å². The van der Waals surface area contributed by atoms with Crippen LogP contribution in [0.5, 0.6) is 0 Å². The second-order valence-electron chi connectivity index (χ2n) is 10.4. The Labute approximate surface area is 198 Å². The predicted molar refractivity (Wildman–Crippen MR) is 130 cm³/mol. The number of ether oxygens (including phenoxy) is 2. The molecular weight excluding hydrogens is 416 g/mol. The molecule has 7 nitrogen and oxygen atoms in total. The van der Waals surface area contributed by atoms with Crippen LogP contribution in [0.2, 0.25) is 0 Å². The largest absolute Gasteiger partial charge is 0.381 e. The molecule has 5 unspecified atom stereocenters. The monoisotopic (exact) mass is 458 g/mol. The summed E-state index contributed by atoms with van der Waals surface area (Å²) in [5.74, 6) is 2.71. The van der Waals surface area contributed by atoms with E-state index in [2.05, 4.69) is 45.6 Å². The molecule has 2 aliphatic carbocycles. The van der Waals surface area contributed by atoms with Crippen LogP contribution in [-0.2, 0) is 21.3 Å². The van der Waals surface area contributed by atoms with E-state index in [-0.39, 0.29) is 24.0 Å². The molecule has 4 rings (SSSR count). The summed E-state index contributed by atoms with van der Waals surface area (Å²) < 4.78 is 13.4. The average Bonchev–Trinajstić information content (AvgIpc) is 3.52. The second kappa shape index (κ2) is 11.5. The zero-order valence-electron chi connectivity index (χ0n) is 20.6. The topological polar surface area (TPSA) is 76.9 Å². The van der Waals surface area contributed by atoms with Crippen molar-refractivity contribution in [1.29, 1.82) is 0 Å². The molecule has 184 valence electrons. The molecule has 2 saturated carbocycles. The molecule has 1 amide bonds. The summed E-state index contributed by atoms with van der Waals surface area (Å²) in [6, 6.07) is 4.33. The van der Waals surface area contributed by atoms with Crippen molar-refractivity contribution in [3.05, 3.63) is 24.0 Å². The first kappa shape index (κ1) is 24.3. The first-order chi connectivity index (χ1) is 16.1. The number of nitrogens with one attached hydrogen (secondary N) is 2. The lowest BCUT2D eigenvalue weighted by Gasteiger charge is -2.36. The van der Waals surface area contributed by atoms with E-state index in [1.807, 2.05) is 0 Å². The number of nitrogens with zero attached hydrogens (tertiary/aromatic N) is 2. The van der Waals surface area contributed by atoms with Gasteiger partial charge in [-0.1, -0.05) is 0 Å². The third-order valence-corrected chi connectivity index (χ3v) is 8.00. The maximum Gasteiger partial charge on any atom is 0.223 e. The van der Waals surface area contributed by atoms with E-state index in [1.54, 1.807) is 14.2 Å². The maximum atomic E-state index is 13.3. The molecule has 5 atom stereocenters. The van der Waals surface area contributed by atoms with Crippen LogP contribution in [0.3, 0.4) is 0 Å². The Kier molecular flexibility index (Phi) is 8.47. The minimum Gasteiger partial charge on any atom is -0.381 e. The SMILES string of the molecule is COC1CC(CNC(=O)C2CC(CNC3=NCCC3)CC(c3cccn3C)C2)CC(OC)C1. The smallest absolute Gasteiger partial charge is 0.223 e. The second-order valence-corrected chi connectivity index (χ2v) is 10.4. The Morgan fingerprint density at radius 3 is 2.45 bits per heavy atom. The summed E-state index contributed by atoms with van der Waals surface area (Å²) in [5, 5.41) is 6.89. The number of aromatic nitrogens is 1. The van der Waals surface area contributed by atoms with E-state index in [0.29, 0.717) is 24.3 Å². The number of rotatable bonds is 8. The molecular formula is C26H42N4O3. The highest BCUT2D eigenvalue weighted by atomic mass is 16.5. The highest BCUT2D eigenvalue weighted by Crippen LogP contribution is 2.39. The lowest BCUT2D eigenvalue weighted by Crippen LogP contribution is -2.42. The standard InChI is InChI=1S/C26H42N4O3/c1-30-9-5-6-24(30)20-10-18(16-28-25-7-4-8-27-25)11-21(14-20)26(31)29-17-19-12-22(32-2)15-23(13-19)33-3/h5-6,9,18-23H,4,7-8,10-17H2,1-3H3,(H,27,28)(H,29,31).